The van der Waals surface area contributed by atoms with Gasteiger partial charge in [0, 0.05) is 24.7 Å². The van der Waals surface area contributed by atoms with Gasteiger partial charge in [0.05, 0.1) is 5.69 Å². The first-order valence-electron chi connectivity index (χ1n) is 8.64. The zero-order valence-electron chi connectivity index (χ0n) is 14.4. The summed E-state index contributed by atoms with van der Waals surface area (Å²) in [6.45, 7) is 7.80. The Morgan fingerprint density at radius 2 is 1.91 bits per heavy atom. The van der Waals surface area contributed by atoms with Gasteiger partial charge in [0.25, 0.3) is 5.56 Å². The lowest BCUT2D eigenvalue weighted by atomic mass is 10.0. The van der Waals surface area contributed by atoms with Crippen LogP contribution in [-0.4, -0.2) is 10.6 Å². The van der Waals surface area contributed by atoms with E-state index in [0.717, 1.165) is 29.8 Å². The van der Waals surface area contributed by atoms with Gasteiger partial charge in [-0.15, -0.1) is 0 Å². The Morgan fingerprint density at radius 3 is 2.57 bits per heavy atom. The minimum absolute atomic E-state index is 0.149. The van der Waals surface area contributed by atoms with Gasteiger partial charge in [-0.25, -0.2) is 0 Å². The zero-order chi connectivity index (χ0) is 16.4. The van der Waals surface area contributed by atoms with Gasteiger partial charge in [0.15, 0.2) is 0 Å². The molecule has 2 aromatic rings. The van der Waals surface area contributed by atoms with Crippen LogP contribution in [0, 0.1) is 13.8 Å². The smallest absolute Gasteiger partial charge is 0.255 e. The van der Waals surface area contributed by atoms with Crippen molar-refractivity contribution in [2.75, 3.05) is 0 Å². The van der Waals surface area contributed by atoms with Crippen LogP contribution in [0.1, 0.15) is 42.9 Å². The highest BCUT2D eigenvalue weighted by molar-refractivity contribution is 5.61. The molecule has 1 aliphatic carbocycles. The summed E-state index contributed by atoms with van der Waals surface area (Å²) in [6.07, 6.45) is 3.44. The number of hydrogen-bond donors (Lipinski definition) is 1. The molecule has 1 fully saturated rings. The van der Waals surface area contributed by atoms with Crippen molar-refractivity contribution in [3.8, 4) is 11.3 Å². The fourth-order valence-electron chi connectivity index (χ4n) is 2.90. The van der Waals surface area contributed by atoms with Crippen LogP contribution >= 0.6 is 0 Å². The molecule has 23 heavy (non-hydrogen) atoms. The first kappa shape index (κ1) is 16.0. The van der Waals surface area contributed by atoms with Crippen LogP contribution < -0.4 is 10.9 Å². The van der Waals surface area contributed by atoms with Crippen molar-refractivity contribution in [2.45, 2.75) is 59.2 Å². The van der Waals surface area contributed by atoms with Gasteiger partial charge in [-0.2, -0.15) is 0 Å². The second-order valence-electron chi connectivity index (χ2n) is 6.65. The molecule has 0 aliphatic heterocycles. The first-order chi connectivity index (χ1) is 11.1. The molecule has 1 saturated carbocycles. The molecule has 3 nitrogen and oxygen atoms in total. The summed E-state index contributed by atoms with van der Waals surface area (Å²) in [7, 11) is 0. The lowest BCUT2D eigenvalue weighted by Crippen LogP contribution is -2.28. The summed E-state index contributed by atoms with van der Waals surface area (Å²) < 4.78 is 1.94. The number of benzene rings is 1. The third kappa shape index (κ3) is 3.56. The van der Waals surface area contributed by atoms with Crippen LogP contribution in [0.25, 0.3) is 11.3 Å². The molecule has 0 bridgehead atoms. The van der Waals surface area contributed by atoms with Crippen LogP contribution in [0.3, 0.4) is 0 Å². The fraction of sp³-hybridized carbons (Fsp3) is 0.450. The molecule has 1 N–H and O–H groups in total. The van der Waals surface area contributed by atoms with Crippen LogP contribution in [0.4, 0.5) is 0 Å². The number of hydrogen-bond acceptors (Lipinski definition) is 2. The Kier molecular flexibility index (Phi) is 4.67. The highest BCUT2D eigenvalue weighted by Crippen LogP contribution is 2.22. The molecule has 0 spiro atoms. The van der Waals surface area contributed by atoms with E-state index in [0.29, 0.717) is 12.6 Å². The standard InChI is InChI=1S/C20H26N2O/c1-4-11-22-19(16-6-5-14(2)15(3)12-16)10-7-17(20(22)23)13-21-18-8-9-18/h5-7,10,12,18,21H,4,8-9,11,13H2,1-3H3. The summed E-state index contributed by atoms with van der Waals surface area (Å²) in [6, 6.07) is 11.1. The van der Waals surface area contributed by atoms with Crippen molar-refractivity contribution in [1.82, 2.24) is 9.88 Å². The van der Waals surface area contributed by atoms with E-state index in [1.165, 1.54) is 24.0 Å². The fourth-order valence-corrected chi connectivity index (χ4v) is 2.90. The van der Waals surface area contributed by atoms with Gasteiger partial charge >= 0.3 is 0 Å². The maximum Gasteiger partial charge on any atom is 0.255 e. The Labute approximate surface area is 138 Å². The Bertz CT molecular complexity index is 757. The minimum atomic E-state index is 0.149. The predicted molar refractivity (Wildman–Crippen MR) is 95.8 cm³/mol. The first-order valence-corrected chi connectivity index (χ1v) is 8.64. The highest BCUT2D eigenvalue weighted by Gasteiger charge is 2.21. The van der Waals surface area contributed by atoms with E-state index < -0.39 is 0 Å². The third-order valence-electron chi connectivity index (χ3n) is 4.66. The van der Waals surface area contributed by atoms with E-state index in [9.17, 15) is 4.79 Å². The monoisotopic (exact) mass is 310 g/mol. The summed E-state index contributed by atoms with van der Waals surface area (Å²) in [4.78, 5) is 12.9. The maximum atomic E-state index is 12.9. The van der Waals surface area contributed by atoms with Crippen LogP contribution in [-0.2, 0) is 13.1 Å². The van der Waals surface area contributed by atoms with Crippen LogP contribution in [0.15, 0.2) is 35.1 Å². The van der Waals surface area contributed by atoms with E-state index in [1.807, 2.05) is 10.6 Å². The normalized spacial score (nSPS) is 14.2. The molecule has 0 amide bonds. The van der Waals surface area contributed by atoms with E-state index in [2.05, 4.69) is 50.4 Å². The molecule has 3 rings (SSSR count). The zero-order valence-corrected chi connectivity index (χ0v) is 14.4. The van der Waals surface area contributed by atoms with Gasteiger partial charge < -0.3 is 9.88 Å². The number of nitrogens with one attached hydrogen (secondary N) is 1. The van der Waals surface area contributed by atoms with Gasteiger partial charge in [0.2, 0.25) is 0 Å². The summed E-state index contributed by atoms with van der Waals surface area (Å²) in [5.74, 6) is 0. The molecule has 0 atom stereocenters. The van der Waals surface area contributed by atoms with Gasteiger partial charge in [0.1, 0.15) is 0 Å². The van der Waals surface area contributed by atoms with Gasteiger partial charge in [-0.1, -0.05) is 25.1 Å². The number of aryl methyl sites for hydroxylation is 2. The lowest BCUT2D eigenvalue weighted by Gasteiger charge is -2.15. The molecule has 1 aliphatic rings. The molecule has 1 aromatic heterocycles. The number of rotatable bonds is 6. The van der Waals surface area contributed by atoms with Crippen molar-refractivity contribution in [1.29, 1.82) is 0 Å². The van der Waals surface area contributed by atoms with Gasteiger partial charge in [-0.05, 0) is 61.9 Å². The van der Waals surface area contributed by atoms with Crippen molar-refractivity contribution >= 4 is 0 Å². The van der Waals surface area contributed by atoms with Gasteiger partial charge in [-0.3, -0.25) is 4.79 Å². The average molecular weight is 310 g/mol. The summed E-state index contributed by atoms with van der Waals surface area (Å²) in [5.41, 5.74) is 5.71. The molecule has 1 heterocycles. The molecular formula is C20H26N2O. The molecule has 3 heteroatoms. The lowest BCUT2D eigenvalue weighted by molar-refractivity contribution is 0.632. The quantitative estimate of drug-likeness (QED) is 0.880. The van der Waals surface area contributed by atoms with E-state index in [4.69, 9.17) is 0 Å². The third-order valence-corrected chi connectivity index (χ3v) is 4.66. The second-order valence-corrected chi connectivity index (χ2v) is 6.65. The number of nitrogens with zero attached hydrogens (tertiary/aromatic N) is 1. The number of aromatic nitrogens is 1. The topological polar surface area (TPSA) is 34.0 Å². The van der Waals surface area contributed by atoms with Crippen molar-refractivity contribution < 1.29 is 0 Å². The molecule has 1 aromatic carbocycles. The van der Waals surface area contributed by atoms with Crippen LogP contribution in [0.5, 0.6) is 0 Å². The molecule has 0 saturated heterocycles. The van der Waals surface area contributed by atoms with Crippen molar-refractivity contribution in [2.24, 2.45) is 0 Å². The van der Waals surface area contributed by atoms with E-state index in [-0.39, 0.29) is 5.56 Å². The number of pyridine rings is 1. The maximum absolute atomic E-state index is 12.9. The average Bonchev–Trinajstić information content (AvgIpc) is 3.35. The molecular weight excluding hydrogens is 284 g/mol. The predicted octanol–water partition coefficient (Wildman–Crippen LogP) is 3.79. The SMILES string of the molecule is CCCn1c(-c2ccc(C)c(C)c2)ccc(CNC2CC2)c1=O. The molecule has 0 radical (unpaired) electrons. The van der Waals surface area contributed by atoms with E-state index >= 15 is 0 Å². The summed E-state index contributed by atoms with van der Waals surface area (Å²) in [5, 5.41) is 3.45. The highest BCUT2D eigenvalue weighted by atomic mass is 16.1. The van der Waals surface area contributed by atoms with Crippen LogP contribution in [0.2, 0.25) is 0 Å². The minimum Gasteiger partial charge on any atom is -0.310 e. The molecule has 122 valence electrons. The van der Waals surface area contributed by atoms with Crippen molar-refractivity contribution in [3.63, 3.8) is 0 Å². The largest absolute Gasteiger partial charge is 0.310 e. The Hall–Kier alpha value is -1.87. The van der Waals surface area contributed by atoms with E-state index in [1.54, 1.807) is 0 Å². The van der Waals surface area contributed by atoms with Crippen molar-refractivity contribution in [3.05, 3.63) is 57.4 Å². The molecule has 0 unspecified atom stereocenters. The second kappa shape index (κ2) is 6.71. The summed E-state index contributed by atoms with van der Waals surface area (Å²) >= 11 is 0. The Morgan fingerprint density at radius 1 is 1.13 bits per heavy atom. The Balaban J connectivity index is 1.99.